The number of allylic oxidation sites excluding steroid dienone is 2. The molecule has 0 fully saturated rings. The van der Waals surface area contributed by atoms with Crippen molar-refractivity contribution in [2.75, 3.05) is 13.2 Å². The molecule has 0 N–H and O–H groups in total. The van der Waals surface area contributed by atoms with Crippen LogP contribution < -0.4 is 9.47 Å². The van der Waals surface area contributed by atoms with Crippen LogP contribution in [0, 0.1) is 22.7 Å². The highest BCUT2D eigenvalue weighted by atomic mass is 16.5. The molecular weight excluding hydrogens is 613 g/mol. The summed E-state index contributed by atoms with van der Waals surface area (Å²) in [5, 5.41) is 19.8. The van der Waals surface area contributed by atoms with Gasteiger partial charge < -0.3 is 9.47 Å². The van der Waals surface area contributed by atoms with Crippen LogP contribution in [-0.4, -0.2) is 13.2 Å². The SMILES string of the molecule is CCCCCCCCOc1ccc(/C(C#N)=C/c2ccc(-c3ccc(/C=C(\C#N)c4ccc(OCCCCCCCC)cc4)cc3)cc2)cc1. The standard InChI is InChI=1S/C46H52N2O2/c1-3-5-7-9-11-13-31-49-45-27-23-41(24-28-45)43(35-47)33-37-15-19-39(20-16-37)40-21-17-38(18-22-40)34-44(36-48)42-25-29-46(30-26-42)50-32-14-12-10-8-6-4-2/h15-30,33-34H,3-14,31-32H2,1-2H3/b43-33+,44-34+. The molecule has 4 heteroatoms. The summed E-state index contributed by atoms with van der Waals surface area (Å²) in [6.45, 7) is 5.92. The molecule has 0 aliphatic rings. The average Bonchev–Trinajstić information content (AvgIpc) is 3.16. The zero-order valence-electron chi connectivity index (χ0n) is 30.0. The maximum absolute atomic E-state index is 9.88. The van der Waals surface area contributed by atoms with Gasteiger partial charge in [-0.15, -0.1) is 0 Å². The van der Waals surface area contributed by atoms with Gasteiger partial charge in [0.05, 0.1) is 36.5 Å². The lowest BCUT2D eigenvalue weighted by Gasteiger charge is -2.08. The van der Waals surface area contributed by atoms with Crippen molar-refractivity contribution in [2.24, 2.45) is 0 Å². The molecule has 0 aliphatic carbocycles. The molecule has 0 saturated carbocycles. The van der Waals surface area contributed by atoms with Crippen molar-refractivity contribution >= 4 is 23.3 Å². The van der Waals surface area contributed by atoms with Gasteiger partial charge in [0.2, 0.25) is 0 Å². The number of benzene rings is 4. The highest BCUT2D eigenvalue weighted by molar-refractivity contribution is 5.91. The summed E-state index contributed by atoms with van der Waals surface area (Å²) in [6, 6.07) is 36.7. The predicted molar refractivity (Wildman–Crippen MR) is 209 cm³/mol. The molecular formula is C46H52N2O2. The molecule has 50 heavy (non-hydrogen) atoms. The van der Waals surface area contributed by atoms with Gasteiger partial charge in [0.1, 0.15) is 11.5 Å². The van der Waals surface area contributed by atoms with E-state index in [1.54, 1.807) is 0 Å². The highest BCUT2D eigenvalue weighted by Crippen LogP contribution is 2.26. The first-order valence-corrected chi connectivity index (χ1v) is 18.5. The third kappa shape index (κ3) is 12.8. The van der Waals surface area contributed by atoms with E-state index < -0.39 is 0 Å². The number of nitrogens with zero attached hydrogens (tertiary/aromatic N) is 2. The zero-order chi connectivity index (χ0) is 35.2. The summed E-state index contributed by atoms with van der Waals surface area (Å²) < 4.78 is 11.8. The predicted octanol–water partition coefficient (Wildman–Crippen LogP) is 13.0. The topological polar surface area (TPSA) is 66.0 Å². The fourth-order valence-corrected chi connectivity index (χ4v) is 5.84. The Morgan fingerprint density at radius 2 is 0.800 bits per heavy atom. The summed E-state index contributed by atoms with van der Waals surface area (Å²) in [5.41, 5.74) is 7.06. The Balaban J connectivity index is 1.30. The Kier molecular flexibility index (Phi) is 16.5. The third-order valence-corrected chi connectivity index (χ3v) is 8.88. The second-order valence-electron chi connectivity index (χ2n) is 12.9. The van der Waals surface area contributed by atoms with Gasteiger partial charge in [-0.25, -0.2) is 0 Å². The molecule has 0 radical (unpaired) electrons. The molecule has 4 aromatic carbocycles. The average molecular weight is 665 g/mol. The molecule has 4 nitrogen and oxygen atoms in total. The Labute approximate surface area is 300 Å². The first-order valence-electron chi connectivity index (χ1n) is 18.5. The normalized spacial score (nSPS) is 11.5. The van der Waals surface area contributed by atoms with E-state index in [0.717, 1.165) is 70.9 Å². The summed E-state index contributed by atoms with van der Waals surface area (Å²) in [4.78, 5) is 0. The minimum atomic E-state index is 0.611. The molecule has 0 bridgehead atoms. The van der Waals surface area contributed by atoms with Crippen molar-refractivity contribution in [2.45, 2.75) is 90.9 Å². The van der Waals surface area contributed by atoms with Crippen molar-refractivity contribution in [3.8, 4) is 34.8 Å². The molecule has 0 heterocycles. The number of hydrogen-bond acceptors (Lipinski definition) is 4. The molecule has 0 atom stereocenters. The van der Waals surface area contributed by atoms with E-state index in [1.807, 2.05) is 84.9 Å². The summed E-state index contributed by atoms with van der Waals surface area (Å²) in [6.07, 6.45) is 18.7. The van der Waals surface area contributed by atoms with Crippen LogP contribution in [0.3, 0.4) is 0 Å². The first-order chi connectivity index (χ1) is 24.6. The molecule has 0 unspecified atom stereocenters. The van der Waals surface area contributed by atoms with E-state index in [2.05, 4.69) is 50.3 Å². The largest absolute Gasteiger partial charge is 0.494 e. The van der Waals surface area contributed by atoms with Crippen molar-refractivity contribution in [3.05, 3.63) is 119 Å². The number of hydrogen-bond donors (Lipinski definition) is 0. The number of unbranched alkanes of at least 4 members (excludes halogenated alkanes) is 10. The summed E-state index contributed by atoms with van der Waals surface area (Å²) in [7, 11) is 0. The number of nitriles is 2. The smallest absolute Gasteiger partial charge is 0.119 e. The van der Waals surface area contributed by atoms with Gasteiger partial charge in [0, 0.05) is 0 Å². The van der Waals surface area contributed by atoms with Crippen molar-refractivity contribution < 1.29 is 9.47 Å². The van der Waals surface area contributed by atoms with Gasteiger partial charge in [0.15, 0.2) is 0 Å². The van der Waals surface area contributed by atoms with E-state index >= 15 is 0 Å². The van der Waals surface area contributed by atoms with Gasteiger partial charge in [-0.05, 0) is 107 Å². The Morgan fingerprint density at radius 1 is 0.460 bits per heavy atom. The van der Waals surface area contributed by atoms with Crippen molar-refractivity contribution in [1.29, 1.82) is 10.5 Å². The minimum Gasteiger partial charge on any atom is -0.494 e. The first kappa shape index (κ1) is 37.8. The fraction of sp³-hybridized carbons (Fsp3) is 0.348. The van der Waals surface area contributed by atoms with Gasteiger partial charge in [-0.1, -0.05) is 127 Å². The van der Waals surface area contributed by atoms with Gasteiger partial charge in [0.25, 0.3) is 0 Å². The molecule has 4 rings (SSSR count). The van der Waals surface area contributed by atoms with E-state index in [1.165, 1.54) is 64.2 Å². The van der Waals surface area contributed by atoms with Crippen LogP contribution in [0.5, 0.6) is 11.5 Å². The lowest BCUT2D eigenvalue weighted by Crippen LogP contribution is -1.97. The highest BCUT2D eigenvalue weighted by Gasteiger charge is 2.06. The van der Waals surface area contributed by atoms with Crippen LogP contribution in [0.1, 0.15) is 113 Å². The van der Waals surface area contributed by atoms with Crippen LogP contribution in [0.2, 0.25) is 0 Å². The van der Waals surface area contributed by atoms with Crippen LogP contribution in [0.25, 0.3) is 34.4 Å². The Hall–Kier alpha value is -5.06. The van der Waals surface area contributed by atoms with Gasteiger partial charge in [-0.2, -0.15) is 10.5 Å². The molecule has 0 aliphatic heterocycles. The number of ether oxygens (including phenoxy) is 2. The fourth-order valence-electron chi connectivity index (χ4n) is 5.84. The third-order valence-electron chi connectivity index (χ3n) is 8.88. The van der Waals surface area contributed by atoms with Crippen molar-refractivity contribution in [1.82, 2.24) is 0 Å². The number of rotatable bonds is 21. The molecule has 0 spiro atoms. The summed E-state index contributed by atoms with van der Waals surface area (Å²) >= 11 is 0. The second kappa shape index (κ2) is 21.8. The molecule has 0 saturated heterocycles. The summed E-state index contributed by atoms with van der Waals surface area (Å²) in [5.74, 6) is 1.68. The van der Waals surface area contributed by atoms with Crippen LogP contribution in [0.15, 0.2) is 97.1 Å². The Morgan fingerprint density at radius 3 is 1.14 bits per heavy atom. The monoisotopic (exact) mass is 664 g/mol. The molecule has 258 valence electrons. The molecule has 0 aromatic heterocycles. The maximum Gasteiger partial charge on any atom is 0.119 e. The van der Waals surface area contributed by atoms with Crippen LogP contribution >= 0.6 is 0 Å². The van der Waals surface area contributed by atoms with E-state index in [0.29, 0.717) is 11.1 Å². The maximum atomic E-state index is 9.88. The lowest BCUT2D eigenvalue weighted by molar-refractivity contribution is 0.304. The van der Waals surface area contributed by atoms with Gasteiger partial charge in [-0.3, -0.25) is 0 Å². The van der Waals surface area contributed by atoms with E-state index in [-0.39, 0.29) is 0 Å². The zero-order valence-corrected chi connectivity index (χ0v) is 30.0. The van der Waals surface area contributed by atoms with E-state index in [9.17, 15) is 10.5 Å². The molecule has 4 aromatic rings. The van der Waals surface area contributed by atoms with Crippen LogP contribution in [-0.2, 0) is 0 Å². The Bertz CT molecular complexity index is 1570. The van der Waals surface area contributed by atoms with E-state index in [4.69, 9.17) is 9.47 Å². The quantitative estimate of drug-likeness (QED) is 0.0505. The second-order valence-corrected chi connectivity index (χ2v) is 12.9. The molecule has 0 amide bonds. The van der Waals surface area contributed by atoms with Crippen LogP contribution in [0.4, 0.5) is 0 Å². The lowest BCUT2D eigenvalue weighted by atomic mass is 9.99. The van der Waals surface area contributed by atoms with Crippen molar-refractivity contribution in [3.63, 3.8) is 0 Å². The minimum absolute atomic E-state index is 0.611. The van der Waals surface area contributed by atoms with Gasteiger partial charge >= 0.3 is 0 Å².